The number of allylic oxidation sites excluding steroid dienone is 4. The molecule has 0 fully saturated rings. The number of nitrogens with zero attached hydrogens (tertiary/aromatic N) is 1. The zero-order valence-electron chi connectivity index (χ0n) is 24.1. The minimum atomic E-state index is -0.414. The molecule has 3 aliphatic rings. The third-order valence-corrected chi connectivity index (χ3v) is 9.15. The molecule has 0 saturated heterocycles. The molecular formula is C33H37ClINO4. The number of carbonyl (C=O) groups excluding carboxylic acids is 2. The van der Waals surface area contributed by atoms with Crippen LogP contribution in [0.25, 0.3) is 0 Å². The molecule has 0 unspecified atom stereocenters. The first-order valence-corrected chi connectivity index (χ1v) is 15.4. The second-order valence-corrected chi connectivity index (χ2v) is 14.4. The zero-order valence-corrected chi connectivity index (χ0v) is 27.0. The first kappa shape index (κ1) is 29.2. The van der Waals surface area contributed by atoms with Crippen LogP contribution in [0.1, 0.15) is 77.3 Å². The van der Waals surface area contributed by atoms with E-state index in [4.69, 9.17) is 21.1 Å². The molecule has 212 valence electrons. The lowest BCUT2D eigenvalue weighted by molar-refractivity contribution is -0.119. The molecule has 5 rings (SSSR count). The van der Waals surface area contributed by atoms with Gasteiger partial charge in [0, 0.05) is 53.4 Å². The highest BCUT2D eigenvalue weighted by Crippen LogP contribution is 2.54. The lowest BCUT2D eigenvalue weighted by Gasteiger charge is -2.48. The topological polar surface area (TPSA) is 55.8 Å². The van der Waals surface area contributed by atoms with E-state index in [2.05, 4.69) is 61.3 Å². The van der Waals surface area contributed by atoms with Gasteiger partial charge in [0.1, 0.15) is 6.61 Å². The number of ketones is 2. The fourth-order valence-electron chi connectivity index (χ4n) is 6.44. The molecule has 2 aromatic rings. The molecule has 40 heavy (non-hydrogen) atoms. The van der Waals surface area contributed by atoms with E-state index in [1.54, 1.807) is 0 Å². The Labute approximate surface area is 256 Å². The van der Waals surface area contributed by atoms with Gasteiger partial charge in [0.15, 0.2) is 23.1 Å². The fourth-order valence-corrected chi connectivity index (χ4v) is 7.43. The molecule has 1 aliphatic heterocycles. The molecule has 0 radical (unpaired) electrons. The van der Waals surface area contributed by atoms with Gasteiger partial charge in [0.25, 0.3) is 0 Å². The number of hydrogen-bond acceptors (Lipinski definition) is 5. The Kier molecular flexibility index (Phi) is 7.90. The fraction of sp³-hybridized carbons (Fsp3) is 0.455. The van der Waals surface area contributed by atoms with E-state index in [-0.39, 0.29) is 22.4 Å². The number of ether oxygens (including phenoxy) is 2. The lowest BCUT2D eigenvalue weighted by Crippen LogP contribution is -2.43. The van der Waals surface area contributed by atoms with Gasteiger partial charge < -0.3 is 14.4 Å². The van der Waals surface area contributed by atoms with Crippen molar-refractivity contribution in [2.24, 2.45) is 10.8 Å². The van der Waals surface area contributed by atoms with E-state index in [1.165, 1.54) is 0 Å². The van der Waals surface area contributed by atoms with Crippen LogP contribution < -0.4 is 9.47 Å². The summed E-state index contributed by atoms with van der Waals surface area (Å²) in [5.41, 5.74) is 5.21. The first-order valence-electron chi connectivity index (χ1n) is 13.9. The summed E-state index contributed by atoms with van der Waals surface area (Å²) in [6.07, 6.45) is 2.52. The van der Waals surface area contributed by atoms with Gasteiger partial charge in [-0.2, -0.15) is 0 Å². The Morgan fingerprint density at radius 2 is 1.52 bits per heavy atom. The van der Waals surface area contributed by atoms with Gasteiger partial charge in [-0.05, 0) is 88.6 Å². The molecule has 0 N–H and O–H groups in total. The summed E-state index contributed by atoms with van der Waals surface area (Å²) in [7, 11) is 2.03. The van der Waals surface area contributed by atoms with E-state index < -0.39 is 5.92 Å². The van der Waals surface area contributed by atoms with Gasteiger partial charge in [-0.3, -0.25) is 9.59 Å². The minimum absolute atomic E-state index is 0.126. The van der Waals surface area contributed by atoms with Crippen LogP contribution >= 0.6 is 34.2 Å². The Bertz CT molecular complexity index is 1400. The summed E-state index contributed by atoms with van der Waals surface area (Å²) >= 11 is 8.45. The van der Waals surface area contributed by atoms with Crippen molar-refractivity contribution >= 4 is 45.8 Å². The van der Waals surface area contributed by atoms with Crippen molar-refractivity contribution in [3.63, 3.8) is 0 Å². The van der Waals surface area contributed by atoms with Crippen LogP contribution in [0.4, 0.5) is 0 Å². The van der Waals surface area contributed by atoms with Crippen LogP contribution in [0.3, 0.4) is 0 Å². The van der Waals surface area contributed by atoms with E-state index >= 15 is 0 Å². The van der Waals surface area contributed by atoms with E-state index in [0.717, 1.165) is 50.1 Å². The van der Waals surface area contributed by atoms with Crippen LogP contribution in [0.5, 0.6) is 11.5 Å². The van der Waals surface area contributed by atoms with Crippen molar-refractivity contribution in [3.05, 3.63) is 78.7 Å². The predicted octanol–water partition coefficient (Wildman–Crippen LogP) is 8.24. The highest BCUT2D eigenvalue weighted by molar-refractivity contribution is 14.1. The van der Waals surface area contributed by atoms with Gasteiger partial charge in [-0.15, -0.1) is 0 Å². The summed E-state index contributed by atoms with van der Waals surface area (Å²) in [4.78, 5) is 29.9. The normalized spacial score (nSPS) is 20.4. The molecule has 0 atom stereocenters. The number of rotatable bonds is 6. The maximum Gasteiger partial charge on any atom is 0.174 e. The van der Waals surface area contributed by atoms with Crippen molar-refractivity contribution < 1.29 is 19.1 Å². The maximum absolute atomic E-state index is 13.8. The van der Waals surface area contributed by atoms with Crippen molar-refractivity contribution in [1.29, 1.82) is 0 Å². The highest BCUT2D eigenvalue weighted by atomic mass is 127. The molecule has 5 nitrogen and oxygen atoms in total. The molecule has 1 heterocycles. The zero-order chi connectivity index (χ0) is 29.0. The number of hydrogen-bond donors (Lipinski definition) is 0. The summed E-state index contributed by atoms with van der Waals surface area (Å²) in [5, 5.41) is 0.659. The van der Waals surface area contributed by atoms with Crippen molar-refractivity contribution in [1.82, 2.24) is 4.90 Å². The van der Waals surface area contributed by atoms with Crippen molar-refractivity contribution in [2.45, 2.75) is 72.8 Å². The minimum Gasteiger partial charge on any atom is -0.490 e. The summed E-state index contributed by atoms with van der Waals surface area (Å²) in [6.45, 7) is 11.4. The van der Waals surface area contributed by atoms with Gasteiger partial charge in [0.2, 0.25) is 0 Å². The number of carbonyl (C=O) groups is 2. The van der Waals surface area contributed by atoms with Crippen molar-refractivity contribution in [2.75, 3.05) is 13.7 Å². The van der Waals surface area contributed by atoms with Crippen LogP contribution in [-0.4, -0.2) is 30.1 Å². The molecule has 2 aromatic carbocycles. The number of halogens is 2. The second-order valence-electron chi connectivity index (χ2n) is 12.8. The van der Waals surface area contributed by atoms with E-state index in [1.807, 2.05) is 44.3 Å². The molecule has 0 spiro atoms. The average Bonchev–Trinajstić information content (AvgIpc) is 2.84. The Morgan fingerprint density at radius 3 is 2.08 bits per heavy atom. The Balaban J connectivity index is 1.64. The van der Waals surface area contributed by atoms with Gasteiger partial charge in [0.05, 0.1) is 10.2 Å². The first-order chi connectivity index (χ1) is 18.8. The van der Waals surface area contributed by atoms with Crippen LogP contribution in [0, 0.1) is 14.4 Å². The molecule has 0 amide bonds. The average molecular weight is 674 g/mol. The van der Waals surface area contributed by atoms with Gasteiger partial charge >= 0.3 is 0 Å². The maximum atomic E-state index is 13.8. The smallest absolute Gasteiger partial charge is 0.174 e. The largest absolute Gasteiger partial charge is 0.490 e. The van der Waals surface area contributed by atoms with Crippen LogP contribution in [-0.2, 0) is 16.2 Å². The van der Waals surface area contributed by atoms with E-state index in [0.29, 0.717) is 42.6 Å². The second kappa shape index (κ2) is 10.8. The summed E-state index contributed by atoms with van der Waals surface area (Å²) < 4.78 is 13.3. The third kappa shape index (κ3) is 5.58. The molecular weight excluding hydrogens is 637 g/mol. The quantitative estimate of drug-likeness (QED) is 0.289. The molecule has 0 saturated carbocycles. The SMILES string of the molecule is CCOc1cc(C2C3=C(CC(C)(C)CC3=O)N(C)C3=C2C(=O)CC(C)(C)C3)cc(I)c1OCc1cccc(Cl)c1. The predicted molar refractivity (Wildman–Crippen MR) is 167 cm³/mol. The van der Waals surface area contributed by atoms with Gasteiger partial charge in [-0.1, -0.05) is 51.4 Å². The number of benzene rings is 2. The summed E-state index contributed by atoms with van der Waals surface area (Å²) in [5.74, 6) is 1.10. The molecule has 2 aliphatic carbocycles. The Hall–Kier alpha value is -2.32. The molecule has 0 bridgehead atoms. The lowest BCUT2D eigenvalue weighted by atomic mass is 9.64. The molecule has 0 aromatic heterocycles. The molecule has 7 heteroatoms. The van der Waals surface area contributed by atoms with Crippen molar-refractivity contribution in [3.8, 4) is 11.5 Å². The van der Waals surface area contributed by atoms with Crippen LogP contribution in [0.2, 0.25) is 5.02 Å². The van der Waals surface area contributed by atoms with Gasteiger partial charge in [-0.25, -0.2) is 0 Å². The van der Waals surface area contributed by atoms with Crippen LogP contribution in [0.15, 0.2) is 58.9 Å². The highest BCUT2D eigenvalue weighted by Gasteiger charge is 2.48. The summed E-state index contributed by atoms with van der Waals surface area (Å²) in [6, 6.07) is 11.6. The Morgan fingerprint density at radius 1 is 0.925 bits per heavy atom. The number of Topliss-reactive ketones (excluding diaryl/α,β-unsaturated/α-hetero) is 2. The third-order valence-electron chi connectivity index (χ3n) is 8.12. The standard InChI is InChI=1S/C33H37ClINO4/c1-7-39-27-13-20(12-22(35)31(27)40-18-19-9-8-10-21(34)11-19)28-29-23(14-32(2,3)16-25(29)37)36(6)24-15-33(4,5)17-26(38)30(24)28/h8-13,28H,7,14-18H2,1-6H3. The van der Waals surface area contributed by atoms with E-state index in [9.17, 15) is 9.59 Å². The monoisotopic (exact) mass is 673 g/mol.